The molecule has 0 fully saturated rings. The molecule has 0 saturated heterocycles. The molecule has 1 aromatic carbocycles. The molecule has 1 heterocycles. The molecule has 0 radical (unpaired) electrons. The number of nitriles is 1. The van der Waals surface area contributed by atoms with Gasteiger partial charge >= 0.3 is 0 Å². The first kappa shape index (κ1) is 23.3. The largest absolute Gasteiger partial charge is 0.368 e. The minimum Gasteiger partial charge on any atom is -0.368 e. The van der Waals surface area contributed by atoms with Gasteiger partial charge in [-0.1, -0.05) is 29.5 Å². The molecular weight excluding hydrogens is 396 g/mol. The van der Waals surface area contributed by atoms with Crippen molar-refractivity contribution < 1.29 is 9.59 Å². The summed E-state index contributed by atoms with van der Waals surface area (Å²) in [5, 5.41) is 13.0. The van der Waals surface area contributed by atoms with E-state index < -0.39 is 0 Å². The van der Waals surface area contributed by atoms with Crippen LogP contribution in [-0.4, -0.2) is 53.3 Å². The summed E-state index contributed by atoms with van der Waals surface area (Å²) in [6, 6.07) is 9.59. The maximum Gasteiger partial charge on any atom is 0.234 e. The van der Waals surface area contributed by atoms with Crippen LogP contribution >= 0.6 is 23.5 Å². The number of rotatable bonds is 6. The Balaban J connectivity index is 0.000000696. The van der Waals surface area contributed by atoms with Crippen LogP contribution in [0.2, 0.25) is 0 Å². The number of carbonyl (C=O) groups is 2. The molecule has 0 aliphatic carbocycles. The van der Waals surface area contributed by atoms with Gasteiger partial charge in [0.05, 0.1) is 5.75 Å². The van der Waals surface area contributed by atoms with Gasteiger partial charge in [0.1, 0.15) is 21.7 Å². The third-order valence-corrected chi connectivity index (χ3v) is 4.71. The van der Waals surface area contributed by atoms with Gasteiger partial charge in [-0.25, -0.2) is 9.97 Å². The zero-order chi connectivity index (χ0) is 21.1. The molecule has 2 aromatic rings. The topological polar surface area (TPSA) is 125 Å². The highest BCUT2D eigenvalue weighted by atomic mass is 32.2. The number of nitrogens with zero attached hydrogens (tertiary/aromatic N) is 4. The Morgan fingerprint density at radius 3 is 2.36 bits per heavy atom. The summed E-state index contributed by atoms with van der Waals surface area (Å²) < 4.78 is 0. The quantitative estimate of drug-likeness (QED) is 0.416. The molecule has 0 aliphatic heterocycles. The van der Waals surface area contributed by atoms with Crippen LogP contribution in [0.25, 0.3) is 0 Å². The highest BCUT2D eigenvalue weighted by molar-refractivity contribution is 8.00. The van der Waals surface area contributed by atoms with E-state index in [1.54, 1.807) is 20.4 Å². The average Bonchev–Trinajstić information content (AvgIpc) is 2.68. The van der Waals surface area contributed by atoms with Crippen molar-refractivity contribution >= 4 is 47.5 Å². The van der Waals surface area contributed by atoms with E-state index in [-0.39, 0.29) is 17.6 Å². The van der Waals surface area contributed by atoms with Gasteiger partial charge in [0.15, 0.2) is 0 Å². The van der Waals surface area contributed by atoms with E-state index in [4.69, 9.17) is 5.73 Å². The van der Waals surface area contributed by atoms with Gasteiger partial charge in [0, 0.05) is 19.8 Å². The Morgan fingerprint density at radius 1 is 1.29 bits per heavy atom. The lowest BCUT2D eigenvalue weighted by molar-refractivity contribution is -0.116. The van der Waals surface area contributed by atoms with Crippen molar-refractivity contribution in [2.24, 2.45) is 0 Å². The van der Waals surface area contributed by atoms with Crippen LogP contribution in [-0.2, 0) is 9.59 Å². The molecule has 1 aromatic heterocycles. The van der Waals surface area contributed by atoms with E-state index in [0.717, 1.165) is 17.7 Å². The Hall–Kier alpha value is -2.77. The van der Waals surface area contributed by atoms with Crippen LogP contribution in [0.15, 0.2) is 34.3 Å². The molecular formula is C18H22N6O2S2. The zero-order valence-corrected chi connectivity index (χ0v) is 17.7. The first-order valence-electron chi connectivity index (χ1n) is 8.03. The first-order chi connectivity index (χ1) is 13.3. The van der Waals surface area contributed by atoms with Crippen molar-refractivity contribution in [3.05, 3.63) is 35.4 Å². The van der Waals surface area contributed by atoms with Crippen LogP contribution in [0, 0.1) is 18.3 Å². The minimum atomic E-state index is -0.175. The number of aromatic nitrogens is 2. The van der Waals surface area contributed by atoms with Gasteiger partial charge in [0.25, 0.3) is 0 Å². The molecule has 0 saturated carbocycles. The second kappa shape index (κ2) is 11.8. The maximum atomic E-state index is 12.0. The van der Waals surface area contributed by atoms with Gasteiger partial charge in [-0.05, 0) is 25.3 Å². The van der Waals surface area contributed by atoms with E-state index in [0.29, 0.717) is 15.6 Å². The molecule has 0 atom stereocenters. The fourth-order valence-electron chi connectivity index (χ4n) is 1.75. The molecule has 28 heavy (non-hydrogen) atoms. The van der Waals surface area contributed by atoms with E-state index in [1.165, 1.54) is 28.4 Å². The third-order valence-electron chi connectivity index (χ3n) is 3.05. The number of nitrogen functional groups attached to an aromatic ring is 1. The van der Waals surface area contributed by atoms with Gasteiger partial charge in [-0.15, -0.1) is 11.8 Å². The predicted octanol–water partition coefficient (Wildman–Crippen LogP) is 2.40. The van der Waals surface area contributed by atoms with Crippen LogP contribution in [0.1, 0.15) is 11.1 Å². The van der Waals surface area contributed by atoms with Crippen molar-refractivity contribution in [3.63, 3.8) is 0 Å². The summed E-state index contributed by atoms with van der Waals surface area (Å²) >= 11 is 2.49. The van der Waals surface area contributed by atoms with Gasteiger partial charge in [-0.2, -0.15) is 5.26 Å². The van der Waals surface area contributed by atoms with Crippen LogP contribution < -0.4 is 11.1 Å². The summed E-state index contributed by atoms with van der Waals surface area (Å²) in [5.74, 6) is 0.0488. The first-order valence-corrected chi connectivity index (χ1v) is 10.2. The van der Waals surface area contributed by atoms with Gasteiger partial charge < -0.3 is 16.0 Å². The number of aryl methyl sites for hydroxylation is 1. The normalized spacial score (nSPS) is 9.54. The lowest BCUT2D eigenvalue weighted by Crippen LogP contribution is -2.14. The van der Waals surface area contributed by atoms with Crippen LogP contribution in [0.3, 0.4) is 0 Å². The number of hydrogen-bond donors (Lipinski definition) is 2. The number of nitrogens with two attached hydrogens (primary N) is 1. The van der Waals surface area contributed by atoms with Crippen molar-refractivity contribution in [1.82, 2.24) is 14.9 Å². The Bertz CT molecular complexity index is 850. The Labute approximate surface area is 172 Å². The summed E-state index contributed by atoms with van der Waals surface area (Å²) in [5.41, 5.74) is 7.84. The second-order valence-electron chi connectivity index (χ2n) is 5.65. The highest BCUT2D eigenvalue weighted by Crippen LogP contribution is 2.27. The van der Waals surface area contributed by atoms with Crippen molar-refractivity contribution in [2.45, 2.75) is 17.0 Å². The molecule has 0 bridgehead atoms. The molecule has 2 rings (SSSR count). The van der Waals surface area contributed by atoms with Crippen molar-refractivity contribution in [3.8, 4) is 6.07 Å². The standard InChI is InChI=1S/C15H15N5OS2.C3H7NO/c1-9-3-5-10(6-4-9)18-12(21)8-23-14-11(7-16)13(22-2)19-15(17)20-14;1-4(2)3-5/h3-6H,8H2,1-2H3,(H,18,21)(H2,17,19,20);3H,1-2H3. The fraction of sp³-hybridized carbons (Fsp3) is 0.278. The summed E-state index contributed by atoms with van der Waals surface area (Å²) in [6.07, 6.45) is 2.56. The Morgan fingerprint density at radius 2 is 1.86 bits per heavy atom. The summed E-state index contributed by atoms with van der Waals surface area (Å²) in [4.78, 5) is 31.0. The summed E-state index contributed by atoms with van der Waals surface area (Å²) in [6.45, 7) is 1.98. The van der Waals surface area contributed by atoms with Crippen LogP contribution in [0.5, 0.6) is 0 Å². The average molecular weight is 419 g/mol. The SMILES string of the molecule is CN(C)C=O.CSc1nc(N)nc(SCC(=O)Nc2ccc(C)cc2)c1C#N. The van der Waals surface area contributed by atoms with E-state index >= 15 is 0 Å². The van der Waals surface area contributed by atoms with E-state index in [9.17, 15) is 14.9 Å². The van der Waals surface area contributed by atoms with Crippen LogP contribution in [0.4, 0.5) is 11.6 Å². The molecule has 0 spiro atoms. The molecule has 8 nitrogen and oxygen atoms in total. The second-order valence-corrected chi connectivity index (χ2v) is 7.41. The predicted molar refractivity (Wildman–Crippen MR) is 113 cm³/mol. The molecule has 3 N–H and O–H groups in total. The summed E-state index contributed by atoms with van der Waals surface area (Å²) in [7, 11) is 3.38. The smallest absolute Gasteiger partial charge is 0.234 e. The number of nitrogens with one attached hydrogen (secondary N) is 1. The van der Waals surface area contributed by atoms with E-state index in [1.807, 2.05) is 31.2 Å². The third kappa shape index (κ3) is 7.85. The van der Waals surface area contributed by atoms with Crippen molar-refractivity contribution in [2.75, 3.05) is 37.2 Å². The monoisotopic (exact) mass is 418 g/mol. The number of benzene rings is 1. The zero-order valence-electron chi connectivity index (χ0n) is 16.1. The molecule has 0 unspecified atom stereocenters. The Kier molecular flexibility index (Phi) is 9.84. The maximum absolute atomic E-state index is 12.0. The highest BCUT2D eigenvalue weighted by Gasteiger charge is 2.15. The lowest BCUT2D eigenvalue weighted by atomic mass is 10.2. The van der Waals surface area contributed by atoms with E-state index in [2.05, 4.69) is 21.4 Å². The molecule has 10 heteroatoms. The number of amides is 2. The molecule has 0 aliphatic rings. The number of thioether (sulfide) groups is 2. The number of hydrogen-bond acceptors (Lipinski definition) is 8. The molecule has 2 amide bonds. The number of anilines is 2. The van der Waals surface area contributed by atoms with Gasteiger partial charge in [0.2, 0.25) is 18.3 Å². The lowest BCUT2D eigenvalue weighted by Gasteiger charge is -2.08. The van der Waals surface area contributed by atoms with Gasteiger partial charge in [-0.3, -0.25) is 9.59 Å². The minimum absolute atomic E-state index is 0.0924. The molecule has 148 valence electrons. The van der Waals surface area contributed by atoms with Crippen molar-refractivity contribution in [1.29, 1.82) is 5.26 Å². The fourth-order valence-corrected chi connectivity index (χ4v) is 3.13. The number of carbonyl (C=O) groups excluding carboxylic acids is 2.